The highest BCUT2D eigenvalue weighted by Gasteiger charge is 2.40. The van der Waals surface area contributed by atoms with Gasteiger partial charge in [0.25, 0.3) is 0 Å². The molecule has 1 aromatic heterocycles. The van der Waals surface area contributed by atoms with Crippen molar-refractivity contribution in [3.8, 4) is 0 Å². The fourth-order valence-electron chi connectivity index (χ4n) is 3.37. The van der Waals surface area contributed by atoms with E-state index in [-0.39, 0.29) is 17.9 Å². The molecule has 2 heterocycles. The molecule has 148 valence electrons. The van der Waals surface area contributed by atoms with E-state index in [2.05, 4.69) is 15.2 Å². The molecule has 0 aliphatic carbocycles. The summed E-state index contributed by atoms with van der Waals surface area (Å²) in [5.41, 5.74) is -0.0981. The van der Waals surface area contributed by atoms with Crippen molar-refractivity contribution in [3.63, 3.8) is 0 Å². The normalized spacial score (nSPS) is 15.8. The van der Waals surface area contributed by atoms with Gasteiger partial charge in [0.2, 0.25) is 11.8 Å². The standard InChI is InChI=1S/C22H28N4O2/c1-17(18-9-5-4-6-10-18)24-20(27)22(2,3)21(28)26-15-13-25(14-16-26)19-11-7-8-12-23-19/h4-12,17H,13-16H2,1-3H3,(H,24,27). The minimum Gasteiger partial charge on any atom is -0.353 e. The first-order valence-corrected chi connectivity index (χ1v) is 9.71. The molecule has 1 aromatic carbocycles. The topological polar surface area (TPSA) is 65.5 Å². The number of hydrogen-bond acceptors (Lipinski definition) is 4. The van der Waals surface area contributed by atoms with E-state index in [0.29, 0.717) is 26.2 Å². The summed E-state index contributed by atoms with van der Waals surface area (Å²) < 4.78 is 0. The number of nitrogens with one attached hydrogen (secondary N) is 1. The summed E-state index contributed by atoms with van der Waals surface area (Å²) in [6.45, 7) is 7.92. The number of pyridine rings is 1. The van der Waals surface area contributed by atoms with Crippen LogP contribution in [0.3, 0.4) is 0 Å². The van der Waals surface area contributed by atoms with Crippen LogP contribution in [0.2, 0.25) is 0 Å². The molecular formula is C22H28N4O2. The first-order valence-electron chi connectivity index (χ1n) is 9.71. The quantitative estimate of drug-likeness (QED) is 0.810. The average Bonchev–Trinajstić information content (AvgIpc) is 2.74. The zero-order valence-corrected chi connectivity index (χ0v) is 16.8. The molecule has 0 bridgehead atoms. The van der Waals surface area contributed by atoms with Gasteiger partial charge in [-0.05, 0) is 38.5 Å². The monoisotopic (exact) mass is 380 g/mol. The van der Waals surface area contributed by atoms with Crippen LogP contribution < -0.4 is 10.2 Å². The molecule has 1 unspecified atom stereocenters. The number of rotatable bonds is 5. The Morgan fingerprint density at radius 3 is 2.25 bits per heavy atom. The highest BCUT2D eigenvalue weighted by atomic mass is 16.2. The van der Waals surface area contributed by atoms with Crippen molar-refractivity contribution in [2.75, 3.05) is 31.1 Å². The Labute approximate surface area is 166 Å². The molecule has 0 radical (unpaired) electrons. The Balaban J connectivity index is 1.59. The smallest absolute Gasteiger partial charge is 0.237 e. The van der Waals surface area contributed by atoms with E-state index >= 15 is 0 Å². The molecule has 1 saturated heterocycles. The van der Waals surface area contributed by atoms with E-state index in [9.17, 15) is 9.59 Å². The number of piperazine rings is 1. The number of carbonyl (C=O) groups excluding carboxylic acids is 2. The van der Waals surface area contributed by atoms with Crippen molar-refractivity contribution in [2.24, 2.45) is 5.41 Å². The summed E-state index contributed by atoms with van der Waals surface area (Å²) in [6, 6.07) is 15.4. The Kier molecular flexibility index (Phi) is 5.97. The Morgan fingerprint density at radius 1 is 1.00 bits per heavy atom. The second kappa shape index (κ2) is 8.42. The second-order valence-corrected chi connectivity index (χ2v) is 7.70. The SMILES string of the molecule is CC(NC(=O)C(C)(C)C(=O)N1CCN(c2ccccn2)CC1)c1ccccc1. The predicted molar refractivity (Wildman–Crippen MR) is 110 cm³/mol. The average molecular weight is 380 g/mol. The zero-order valence-electron chi connectivity index (χ0n) is 16.8. The minimum absolute atomic E-state index is 0.133. The molecule has 1 aliphatic rings. The number of aromatic nitrogens is 1. The summed E-state index contributed by atoms with van der Waals surface area (Å²) in [4.78, 5) is 34.2. The van der Waals surface area contributed by atoms with Crippen LogP contribution in [0.5, 0.6) is 0 Å². The molecule has 0 spiro atoms. The van der Waals surface area contributed by atoms with Crippen LogP contribution in [0.1, 0.15) is 32.4 Å². The van der Waals surface area contributed by atoms with Crippen LogP contribution in [-0.2, 0) is 9.59 Å². The van der Waals surface area contributed by atoms with Crippen molar-refractivity contribution < 1.29 is 9.59 Å². The van der Waals surface area contributed by atoms with Gasteiger partial charge in [-0.15, -0.1) is 0 Å². The van der Waals surface area contributed by atoms with E-state index in [4.69, 9.17) is 0 Å². The van der Waals surface area contributed by atoms with Crippen molar-refractivity contribution in [3.05, 3.63) is 60.3 Å². The van der Waals surface area contributed by atoms with Crippen LogP contribution in [0.4, 0.5) is 5.82 Å². The number of anilines is 1. The van der Waals surface area contributed by atoms with E-state index in [1.54, 1.807) is 24.9 Å². The first kappa shape index (κ1) is 19.9. The van der Waals surface area contributed by atoms with E-state index < -0.39 is 5.41 Å². The van der Waals surface area contributed by atoms with Crippen LogP contribution in [0.25, 0.3) is 0 Å². The highest BCUT2D eigenvalue weighted by Crippen LogP contribution is 2.23. The number of hydrogen-bond donors (Lipinski definition) is 1. The number of benzene rings is 1. The lowest BCUT2D eigenvalue weighted by atomic mass is 9.89. The lowest BCUT2D eigenvalue weighted by Crippen LogP contribution is -2.55. The molecule has 6 nitrogen and oxygen atoms in total. The molecule has 0 saturated carbocycles. The Hall–Kier alpha value is -2.89. The van der Waals surface area contributed by atoms with Crippen LogP contribution in [-0.4, -0.2) is 47.9 Å². The molecule has 28 heavy (non-hydrogen) atoms. The van der Waals surface area contributed by atoms with Gasteiger partial charge in [0, 0.05) is 32.4 Å². The maximum absolute atomic E-state index is 13.1. The minimum atomic E-state index is -1.11. The van der Waals surface area contributed by atoms with E-state index in [1.807, 2.05) is 55.5 Å². The lowest BCUT2D eigenvalue weighted by molar-refractivity contribution is -0.149. The zero-order chi connectivity index (χ0) is 20.1. The second-order valence-electron chi connectivity index (χ2n) is 7.70. The highest BCUT2D eigenvalue weighted by molar-refractivity contribution is 6.04. The van der Waals surface area contributed by atoms with Gasteiger partial charge in [-0.3, -0.25) is 9.59 Å². The summed E-state index contributed by atoms with van der Waals surface area (Å²) in [7, 11) is 0. The molecule has 1 atom stereocenters. The number of nitrogens with zero attached hydrogens (tertiary/aromatic N) is 3. The van der Waals surface area contributed by atoms with Gasteiger partial charge in [-0.2, -0.15) is 0 Å². The maximum atomic E-state index is 13.1. The van der Waals surface area contributed by atoms with Crippen molar-refractivity contribution in [1.29, 1.82) is 0 Å². The largest absolute Gasteiger partial charge is 0.353 e. The van der Waals surface area contributed by atoms with Gasteiger partial charge in [0.05, 0.1) is 6.04 Å². The summed E-state index contributed by atoms with van der Waals surface area (Å²) in [5.74, 6) is 0.537. The molecule has 2 amide bonds. The lowest BCUT2D eigenvalue weighted by Gasteiger charge is -2.38. The Bertz CT molecular complexity index is 800. The molecule has 1 N–H and O–H groups in total. The van der Waals surface area contributed by atoms with Gasteiger partial charge >= 0.3 is 0 Å². The third kappa shape index (κ3) is 4.32. The van der Waals surface area contributed by atoms with Crippen molar-refractivity contribution in [2.45, 2.75) is 26.8 Å². The van der Waals surface area contributed by atoms with E-state index in [1.165, 1.54) is 0 Å². The Morgan fingerprint density at radius 2 is 1.64 bits per heavy atom. The van der Waals surface area contributed by atoms with Crippen LogP contribution in [0.15, 0.2) is 54.7 Å². The fraction of sp³-hybridized carbons (Fsp3) is 0.409. The third-order valence-corrected chi connectivity index (χ3v) is 5.29. The summed E-state index contributed by atoms with van der Waals surface area (Å²) in [5, 5.41) is 2.98. The number of amides is 2. The van der Waals surface area contributed by atoms with Gasteiger partial charge in [0.15, 0.2) is 0 Å². The predicted octanol–water partition coefficient (Wildman–Crippen LogP) is 2.63. The molecule has 3 rings (SSSR count). The first-order chi connectivity index (χ1) is 13.4. The maximum Gasteiger partial charge on any atom is 0.237 e. The third-order valence-electron chi connectivity index (χ3n) is 5.29. The summed E-state index contributed by atoms with van der Waals surface area (Å²) in [6.07, 6.45) is 1.77. The van der Waals surface area contributed by atoms with Crippen LogP contribution >= 0.6 is 0 Å². The van der Waals surface area contributed by atoms with Crippen molar-refractivity contribution in [1.82, 2.24) is 15.2 Å². The summed E-state index contributed by atoms with van der Waals surface area (Å²) >= 11 is 0. The number of carbonyl (C=O) groups is 2. The van der Waals surface area contributed by atoms with Gasteiger partial charge in [-0.1, -0.05) is 36.4 Å². The van der Waals surface area contributed by atoms with Gasteiger partial charge in [0.1, 0.15) is 11.2 Å². The van der Waals surface area contributed by atoms with Gasteiger partial charge in [-0.25, -0.2) is 4.98 Å². The molecule has 1 fully saturated rings. The van der Waals surface area contributed by atoms with E-state index in [0.717, 1.165) is 11.4 Å². The molecule has 2 aromatic rings. The van der Waals surface area contributed by atoms with Crippen LogP contribution in [0, 0.1) is 5.41 Å². The molecule has 6 heteroatoms. The van der Waals surface area contributed by atoms with Gasteiger partial charge < -0.3 is 15.1 Å². The van der Waals surface area contributed by atoms with Crippen molar-refractivity contribution >= 4 is 17.6 Å². The fourth-order valence-corrected chi connectivity index (χ4v) is 3.37. The molecular weight excluding hydrogens is 352 g/mol. The molecule has 1 aliphatic heterocycles.